The summed E-state index contributed by atoms with van der Waals surface area (Å²) >= 11 is 9.49. The first-order valence-corrected chi connectivity index (χ1v) is 7.64. The molecule has 0 amide bonds. The fraction of sp³-hybridized carbons (Fsp3) is 0.571. The van der Waals surface area contributed by atoms with Crippen LogP contribution in [0.4, 0.5) is 0 Å². The molecule has 2 heterocycles. The summed E-state index contributed by atoms with van der Waals surface area (Å²) < 4.78 is 7.00. The third-order valence-electron chi connectivity index (χ3n) is 4.25. The first-order valence-electron chi connectivity index (χ1n) is 6.47. The molecule has 0 radical (unpaired) electrons. The fourth-order valence-electron chi connectivity index (χ4n) is 3.20. The van der Waals surface area contributed by atoms with Gasteiger partial charge in [-0.3, -0.25) is 0 Å². The van der Waals surface area contributed by atoms with Gasteiger partial charge in [0, 0.05) is 16.6 Å². The normalized spacial score (nSPS) is 31.6. The maximum absolute atomic E-state index is 6.09. The number of hydrogen-bond donors (Lipinski definition) is 0. The van der Waals surface area contributed by atoms with Crippen molar-refractivity contribution in [1.29, 1.82) is 0 Å². The molecule has 0 N–H and O–H groups in total. The van der Waals surface area contributed by atoms with Crippen molar-refractivity contribution in [1.82, 2.24) is 4.90 Å². The summed E-state index contributed by atoms with van der Waals surface area (Å²) in [7, 11) is 2.25. The van der Waals surface area contributed by atoms with E-state index >= 15 is 0 Å². The lowest BCUT2D eigenvalue weighted by Crippen LogP contribution is -2.43. The molecular formula is C14H17BrClNO. The second-order valence-electron chi connectivity index (χ2n) is 5.34. The highest BCUT2D eigenvalue weighted by Crippen LogP contribution is 2.36. The molecule has 0 spiro atoms. The number of ether oxygens (including phenoxy) is 1. The zero-order valence-corrected chi connectivity index (χ0v) is 12.7. The minimum atomic E-state index is 0.343. The highest BCUT2D eigenvalue weighted by atomic mass is 79.9. The van der Waals surface area contributed by atoms with Crippen molar-refractivity contribution in [3.05, 3.63) is 27.7 Å². The molecule has 0 aromatic heterocycles. The zero-order valence-electron chi connectivity index (χ0n) is 10.4. The van der Waals surface area contributed by atoms with Gasteiger partial charge in [-0.25, -0.2) is 0 Å². The molecule has 3 atom stereocenters. The molecule has 98 valence electrons. The van der Waals surface area contributed by atoms with Gasteiger partial charge in [0.2, 0.25) is 0 Å². The Kier molecular flexibility index (Phi) is 3.57. The van der Waals surface area contributed by atoms with Gasteiger partial charge >= 0.3 is 0 Å². The average molecular weight is 331 g/mol. The van der Waals surface area contributed by atoms with Crippen LogP contribution < -0.4 is 4.74 Å². The average Bonchev–Trinajstić information content (AvgIpc) is 2.58. The van der Waals surface area contributed by atoms with Gasteiger partial charge in [0.05, 0.1) is 5.02 Å². The summed E-state index contributed by atoms with van der Waals surface area (Å²) in [4.78, 5) is 2.52. The third kappa shape index (κ3) is 2.40. The summed E-state index contributed by atoms with van der Waals surface area (Å²) in [5.74, 6) is 0.886. The predicted molar refractivity (Wildman–Crippen MR) is 77.4 cm³/mol. The summed E-state index contributed by atoms with van der Waals surface area (Å²) in [5, 5.41) is 0.711. The van der Waals surface area contributed by atoms with E-state index in [0.717, 1.165) is 23.1 Å². The molecule has 0 unspecified atom stereocenters. The van der Waals surface area contributed by atoms with Gasteiger partial charge in [-0.1, -0.05) is 11.6 Å². The third-order valence-corrected chi connectivity index (χ3v) is 5.48. The van der Waals surface area contributed by atoms with E-state index in [4.69, 9.17) is 16.3 Å². The molecule has 2 nitrogen and oxygen atoms in total. The van der Waals surface area contributed by atoms with Crippen LogP contribution in [0, 0.1) is 0 Å². The molecule has 2 fully saturated rings. The SMILES string of the molecule is CN1[C@@H]2CC[C@H]1C[C@H](Oc1ccc(Br)c(Cl)c1)C2. The molecule has 0 saturated carbocycles. The van der Waals surface area contributed by atoms with E-state index in [0.29, 0.717) is 23.2 Å². The second kappa shape index (κ2) is 5.03. The van der Waals surface area contributed by atoms with Crippen LogP contribution in [0.25, 0.3) is 0 Å². The minimum Gasteiger partial charge on any atom is -0.490 e. The van der Waals surface area contributed by atoms with Crippen LogP contribution in [0.15, 0.2) is 22.7 Å². The highest BCUT2D eigenvalue weighted by Gasteiger charge is 2.39. The number of hydrogen-bond acceptors (Lipinski definition) is 2. The van der Waals surface area contributed by atoms with Crippen LogP contribution in [0.3, 0.4) is 0 Å². The maximum Gasteiger partial charge on any atom is 0.121 e. The number of piperidine rings is 1. The Bertz CT molecular complexity index is 439. The Balaban J connectivity index is 1.68. The Labute approximate surface area is 121 Å². The van der Waals surface area contributed by atoms with Crippen LogP contribution in [-0.2, 0) is 0 Å². The molecule has 1 aromatic carbocycles. The first-order chi connectivity index (χ1) is 8.63. The lowest BCUT2D eigenvalue weighted by atomic mass is 10.0. The van der Waals surface area contributed by atoms with E-state index in [9.17, 15) is 0 Å². The molecule has 18 heavy (non-hydrogen) atoms. The predicted octanol–water partition coefficient (Wildman–Crippen LogP) is 4.11. The van der Waals surface area contributed by atoms with Gasteiger partial charge in [0.25, 0.3) is 0 Å². The van der Waals surface area contributed by atoms with Crippen LogP contribution in [-0.4, -0.2) is 30.1 Å². The number of rotatable bonds is 2. The molecule has 0 aliphatic carbocycles. The van der Waals surface area contributed by atoms with Crippen LogP contribution in [0.5, 0.6) is 5.75 Å². The highest BCUT2D eigenvalue weighted by molar-refractivity contribution is 9.10. The van der Waals surface area contributed by atoms with Crippen LogP contribution in [0.1, 0.15) is 25.7 Å². The summed E-state index contributed by atoms with van der Waals surface area (Å²) in [6.45, 7) is 0. The minimum absolute atomic E-state index is 0.343. The van der Waals surface area contributed by atoms with Crippen molar-refractivity contribution < 1.29 is 4.74 Å². The fourth-order valence-corrected chi connectivity index (χ4v) is 3.62. The quantitative estimate of drug-likeness (QED) is 0.809. The van der Waals surface area contributed by atoms with Crippen LogP contribution in [0.2, 0.25) is 5.02 Å². The topological polar surface area (TPSA) is 12.5 Å². The number of nitrogens with zero attached hydrogens (tertiary/aromatic N) is 1. The zero-order chi connectivity index (χ0) is 12.7. The Morgan fingerprint density at radius 1 is 1.28 bits per heavy atom. The first kappa shape index (κ1) is 12.8. The van der Waals surface area contributed by atoms with Gasteiger partial charge in [-0.2, -0.15) is 0 Å². The van der Waals surface area contributed by atoms with E-state index in [1.54, 1.807) is 0 Å². The summed E-state index contributed by atoms with van der Waals surface area (Å²) in [6, 6.07) is 7.24. The van der Waals surface area contributed by atoms with Crippen molar-refractivity contribution in [3.63, 3.8) is 0 Å². The van der Waals surface area contributed by atoms with Gasteiger partial charge in [0.15, 0.2) is 0 Å². The van der Waals surface area contributed by atoms with E-state index in [1.807, 2.05) is 18.2 Å². The van der Waals surface area contributed by atoms with Crippen molar-refractivity contribution in [2.24, 2.45) is 0 Å². The van der Waals surface area contributed by atoms with Crippen molar-refractivity contribution >= 4 is 27.5 Å². The standard InChI is InChI=1S/C14H17BrClNO/c1-17-9-2-3-10(17)7-12(6-9)18-11-4-5-13(15)14(16)8-11/h4-5,8-10,12H,2-3,6-7H2,1H3/t9-,10+,12-. The Morgan fingerprint density at radius 2 is 1.94 bits per heavy atom. The summed E-state index contributed by atoms with van der Waals surface area (Å²) in [5.41, 5.74) is 0. The van der Waals surface area contributed by atoms with E-state index in [-0.39, 0.29) is 0 Å². The van der Waals surface area contributed by atoms with Crippen LogP contribution >= 0.6 is 27.5 Å². The Hall–Kier alpha value is -0.250. The molecule has 4 heteroatoms. The van der Waals surface area contributed by atoms with Gasteiger partial charge < -0.3 is 9.64 Å². The lowest BCUT2D eigenvalue weighted by molar-refractivity contribution is 0.0662. The molecule has 2 aliphatic heterocycles. The van der Waals surface area contributed by atoms with Crippen molar-refractivity contribution in [2.45, 2.75) is 43.9 Å². The molecule has 1 aromatic rings. The van der Waals surface area contributed by atoms with Gasteiger partial charge in [-0.05, 0) is 66.9 Å². The molecule has 2 saturated heterocycles. The summed E-state index contributed by atoms with van der Waals surface area (Å²) in [6.07, 6.45) is 5.27. The van der Waals surface area contributed by atoms with E-state index in [1.165, 1.54) is 12.8 Å². The molecule has 2 aliphatic rings. The van der Waals surface area contributed by atoms with Gasteiger partial charge in [-0.15, -0.1) is 0 Å². The number of halogens is 2. The molecule has 2 bridgehead atoms. The number of benzene rings is 1. The van der Waals surface area contributed by atoms with E-state index < -0.39 is 0 Å². The maximum atomic E-state index is 6.09. The van der Waals surface area contributed by atoms with Crippen molar-refractivity contribution in [2.75, 3.05) is 7.05 Å². The van der Waals surface area contributed by atoms with E-state index in [2.05, 4.69) is 27.9 Å². The smallest absolute Gasteiger partial charge is 0.121 e. The molecular weight excluding hydrogens is 314 g/mol. The Morgan fingerprint density at radius 3 is 2.56 bits per heavy atom. The van der Waals surface area contributed by atoms with Gasteiger partial charge in [0.1, 0.15) is 11.9 Å². The molecule has 3 rings (SSSR count). The second-order valence-corrected chi connectivity index (χ2v) is 6.60. The number of fused-ring (bicyclic) bond motifs is 2. The van der Waals surface area contributed by atoms with Crippen molar-refractivity contribution in [3.8, 4) is 5.75 Å². The largest absolute Gasteiger partial charge is 0.490 e. The monoisotopic (exact) mass is 329 g/mol. The lowest BCUT2D eigenvalue weighted by Gasteiger charge is -2.36.